The van der Waals surface area contributed by atoms with Crippen molar-refractivity contribution >= 4 is 11.4 Å². The fourth-order valence-electron chi connectivity index (χ4n) is 3.79. The van der Waals surface area contributed by atoms with E-state index in [1.165, 1.54) is 11.6 Å². The summed E-state index contributed by atoms with van der Waals surface area (Å²) in [6.07, 6.45) is 0.954. The van der Waals surface area contributed by atoms with Crippen molar-refractivity contribution in [2.45, 2.75) is 13.0 Å². The van der Waals surface area contributed by atoms with Crippen LogP contribution in [0.4, 0.5) is 15.8 Å². The number of fused-ring (bicyclic) bond motifs is 2. The molecule has 0 aliphatic carbocycles. The monoisotopic (exact) mass is 406 g/mol. The molecular formula is C25H27FN2O2. The van der Waals surface area contributed by atoms with Crippen molar-refractivity contribution in [3.63, 3.8) is 0 Å². The number of methoxy groups -OCH3 is 1. The van der Waals surface area contributed by atoms with Gasteiger partial charge in [0, 0.05) is 30.9 Å². The van der Waals surface area contributed by atoms with Gasteiger partial charge < -0.3 is 19.3 Å². The van der Waals surface area contributed by atoms with Gasteiger partial charge >= 0.3 is 0 Å². The SMILES string of the molecule is COc1cccc(CCN(C)CCN2c3ccc(F)cc3COc3ccccc32)c1. The Balaban J connectivity index is 1.47. The second-order valence-corrected chi connectivity index (χ2v) is 7.59. The first-order chi connectivity index (χ1) is 14.6. The van der Waals surface area contributed by atoms with Gasteiger partial charge in [-0.3, -0.25) is 0 Å². The number of anilines is 2. The molecule has 1 aliphatic rings. The second-order valence-electron chi connectivity index (χ2n) is 7.59. The number of rotatable bonds is 7. The highest BCUT2D eigenvalue weighted by Crippen LogP contribution is 2.39. The molecule has 3 aromatic rings. The van der Waals surface area contributed by atoms with Gasteiger partial charge in [0.25, 0.3) is 0 Å². The van der Waals surface area contributed by atoms with Gasteiger partial charge in [0.05, 0.1) is 12.8 Å². The van der Waals surface area contributed by atoms with Gasteiger partial charge in [-0.05, 0) is 61.5 Å². The maximum absolute atomic E-state index is 13.8. The predicted molar refractivity (Wildman–Crippen MR) is 118 cm³/mol. The molecule has 0 aromatic heterocycles. The number of ether oxygens (including phenoxy) is 2. The fraction of sp³-hybridized carbons (Fsp3) is 0.280. The Kier molecular flexibility index (Phi) is 6.19. The predicted octanol–water partition coefficient (Wildman–Crippen LogP) is 5.04. The Morgan fingerprint density at radius 1 is 1.00 bits per heavy atom. The molecule has 1 aliphatic heterocycles. The molecule has 0 bridgehead atoms. The zero-order chi connectivity index (χ0) is 20.9. The number of halogens is 1. The second kappa shape index (κ2) is 9.18. The highest BCUT2D eigenvalue weighted by molar-refractivity contribution is 5.72. The van der Waals surface area contributed by atoms with Crippen molar-refractivity contribution in [3.05, 3.63) is 83.7 Å². The summed E-state index contributed by atoms with van der Waals surface area (Å²) in [5.74, 6) is 1.48. The lowest BCUT2D eigenvalue weighted by molar-refractivity contribution is 0.310. The molecule has 0 amide bonds. The van der Waals surface area contributed by atoms with E-state index in [-0.39, 0.29) is 5.82 Å². The molecule has 0 N–H and O–H groups in total. The summed E-state index contributed by atoms with van der Waals surface area (Å²) in [7, 11) is 3.82. The molecular weight excluding hydrogens is 379 g/mol. The largest absolute Gasteiger partial charge is 0.497 e. The van der Waals surface area contributed by atoms with Gasteiger partial charge in [-0.2, -0.15) is 0 Å². The zero-order valence-electron chi connectivity index (χ0n) is 17.5. The lowest BCUT2D eigenvalue weighted by Gasteiger charge is -2.28. The third kappa shape index (κ3) is 4.57. The average molecular weight is 407 g/mol. The molecule has 0 fully saturated rings. The Hall–Kier alpha value is -3.05. The van der Waals surface area contributed by atoms with Crippen LogP contribution in [0.15, 0.2) is 66.7 Å². The Morgan fingerprint density at radius 2 is 1.87 bits per heavy atom. The normalized spacial score (nSPS) is 12.7. The molecule has 0 saturated heterocycles. The van der Waals surface area contributed by atoms with Gasteiger partial charge in [-0.25, -0.2) is 4.39 Å². The smallest absolute Gasteiger partial charge is 0.143 e. The number of nitrogens with zero attached hydrogens (tertiary/aromatic N) is 2. The topological polar surface area (TPSA) is 24.9 Å². The van der Waals surface area contributed by atoms with Gasteiger partial charge in [0.15, 0.2) is 0 Å². The maximum atomic E-state index is 13.8. The van der Waals surface area contributed by atoms with Crippen molar-refractivity contribution in [1.82, 2.24) is 4.90 Å². The molecule has 0 unspecified atom stereocenters. The number of hydrogen-bond donors (Lipinski definition) is 0. The zero-order valence-corrected chi connectivity index (χ0v) is 17.5. The van der Waals surface area contributed by atoms with E-state index in [0.29, 0.717) is 6.61 Å². The summed E-state index contributed by atoms with van der Waals surface area (Å²) in [5, 5.41) is 0. The maximum Gasteiger partial charge on any atom is 0.143 e. The van der Waals surface area contributed by atoms with Crippen LogP contribution >= 0.6 is 0 Å². The summed E-state index contributed by atoms with van der Waals surface area (Å²) in [6, 6.07) is 21.2. The first-order valence-electron chi connectivity index (χ1n) is 10.2. The number of likely N-dealkylation sites (N-methyl/N-ethyl adjacent to an activating group) is 1. The van der Waals surface area contributed by atoms with E-state index in [1.54, 1.807) is 13.2 Å². The number of para-hydroxylation sites is 2. The summed E-state index contributed by atoms with van der Waals surface area (Å²) >= 11 is 0. The highest BCUT2D eigenvalue weighted by Gasteiger charge is 2.22. The van der Waals surface area contributed by atoms with Crippen molar-refractivity contribution < 1.29 is 13.9 Å². The minimum absolute atomic E-state index is 0.237. The molecule has 30 heavy (non-hydrogen) atoms. The van der Waals surface area contributed by atoms with Crippen LogP contribution in [0.2, 0.25) is 0 Å². The minimum Gasteiger partial charge on any atom is -0.497 e. The third-order valence-corrected chi connectivity index (χ3v) is 5.49. The van der Waals surface area contributed by atoms with E-state index in [4.69, 9.17) is 9.47 Å². The minimum atomic E-state index is -0.237. The third-order valence-electron chi connectivity index (χ3n) is 5.49. The highest BCUT2D eigenvalue weighted by atomic mass is 19.1. The molecule has 156 valence electrons. The molecule has 5 heteroatoms. The van der Waals surface area contributed by atoms with Crippen LogP contribution in [-0.2, 0) is 13.0 Å². The van der Waals surface area contributed by atoms with Crippen LogP contribution in [0.1, 0.15) is 11.1 Å². The molecule has 0 spiro atoms. The van der Waals surface area contributed by atoms with Gasteiger partial charge in [0.2, 0.25) is 0 Å². The van der Waals surface area contributed by atoms with Crippen LogP contribution in [0.3, 0.4) is 0 Å². The molecule has 1 heterocycles. The van der Waals surface area contributed by atoms with Gasteiger partial charge in [-0.1, -0.05) is 24.3 Å². The molecule has 0 saturated carbocycles. The Morgan fingerprint density at radius 3 is 2.73 bits per heavy atom. The van der Waals surface area contributed by atoms with Crippen LogP contribution in [0.25, 0.3) is 0 Å². The molecule has 4 rings (SSSR count). The fourth-order valence-corrected chi connectivity index (χ4v) is 3.79. The first kappa shape index (κ1) is 20.2. The summed E-state index contributed by atoms with van der Waals surface area (Å²) in [4.78, 5) is 4.55. The summed E-state index contributed by atoms with van der Waals surface area (Å²) in [6.45, 7) is 2.96. The molecule has 4 nitrogen and oxygen atoms in total. The van der Waals surface area contributed by atoms with E-state index in [2.05, 4.69) is 35.0 Å². The van der Waals surface area contributed by atoms with Crippen LogP contribution in [-0.4, -0.2) is 38.7 Å². The number of hydrogen-bond acceptors (Lipinski definition) is 4. The molecule has 3 aromatic carbocycles. The Labute approximate surface area is 177 Å². The van der Waals surface area contributed by atoms with Gasteiger partial charge in [-0.15, -0.1) is 0 Å². The van der Waals surface area contributed by atoms with Crippen molar-refractivity contribution in [2.24, 2.45) is 0 Å². The van der Waals surface area contributed by atoms with E-state index in [9.17, 15) is 4.39 Å². The summed E-state index contributed by atoms with van der Waals surface area (Å²) in [5.41, 5.74) is 4.15. The van der Waals surface area contributed by atoms with Crippen LogP contribution < -0.4 is 14.4 Å². The average Bonchev–Trinajstić information content (AvgIpc) is 2.93. The van der Waals surface area contributed by atoms with Crippen molar-refractivity contribution in [3.8, 4) is 11.5 Å². The van der Waals surface area contributed by atoms with E-state index >= 15 is 0 Å². The Bertz CT molecular complexity index is 1010. The van der Waals surface area contributed by atoms with Crippen molar-refractivity contribution in [2.75, 3.05) is 38.7 Å². The van der Waals surface area contributed by atoms with Crippen LogP contribution in [0.5, 0.6) is 11.5 Å². The van der Waals surface area contributed by atoms with Crippen molar-refractivity contribution in [1.29, 1.82) is 0 Å². The quantitative estimate of drug-likeness (QED) is 0.549. The van der Waals surface area contributed by atoms with E-state index in [1.807, 2.05) is 36.4 Å². The lowest BCUT2D eigenvalue weighted by Crippen LogP contribution is -2.32. The first-order valence-corrected chi connectivity index (χ1v) is 10.2. The standard InChI is InChI=1S/C25H27FN2O2/c1-27(13-12-19-6-5-7-22(16-19)29-2)14-15-28-23-11-10-21(26)17-20(23)18-30-25-9-4-3-8-24(25)28/h3-11,16-17H,12-15,18H2,1-2H3. The van der Waals surface area contributed by atoms with Gasteiger partial charge in [0.1, 0.15) is 23.9 Å². The van der Waals surface area contributed by atoms with E-state index in [0.717, 1.165) is 54.5 Å². The van der Waals surface area contributed by atoms with E-state index < -0.39 is 0 Å². The number of benzene rings is 3. The van der Waals surface area contributed by atoms with Crippen LogP contribution in [0, 0.1) is 5.82 Å². The molecule has 0 radical (unpaired) electrons. The molecule has 0 atom stereocenters. The summed E-state index contributed by atoms with van der Waals surface area (Å²) < 4.78 is 25.1. The lowest BCUT2D eigenvalue weighted by atomic mass is 10.1.